The second-order valence-electron chi connectivity index (χ2n) is 9.96. The van der Waals surface area contributed by atoms with Crippen LogP contribution in [0, 0.1) is 0 Å². The number of hydrogen-bond donors (Lipinski definition) is 0. The molecule has 2 aromatic rings. The molecule has 0 spiro atoms. The Bertz CT molecular complexity index is 810. The summed E-state index contributed by atoms with van der Waals surface area (Å²) in [5.41, 5.74) is 2.85. The van der Waals surface area contributed by atoms with Crippen LogP contribution in [-0.2, 0) is 16.7 Å². The Morgan fingerprint density at radius 3 is 2.34 bits per heavy atom. The molecule has 0 fully saturated rings. The van der Waals surface area contributed by atoms with E-state index in [1.54, 1.807) is 0 Å². The van der Waals surface area contributed by atoms with E-state index >= 15 is 0 Å². The summed E-state index contributed by atoms with van der Waals surface area (Å²) in [6, 6.07) is 17.0. The fourth-order valence-corrected chi connectivity index (χ4v) is 4.41. The molecule has 0 saturated carbocycles. The second kappa shape index (κ2) is 17.0. The number of hydrogen-bond acceptors (Lipinski definition) is 4. The van der Waals surface area contributed by atoms with Gasteiger partial charge < -0.3 is 14.2 Å². The molecular formula is C30H46BrNO3. The normalized spacial score (nSPS) is 11.7. The Hall–Kier alpha value is -1.56. The molecule has 0 aromatic heterocycles. The molecule has 0 aliphatic carbocycles. The third kappa shape index (κ3) is 12.3. The van der Waals surface area contributed by atoms with E-state index in [1.165, 1.54) is 36.8 Å². The zero-order valence-corrected chi connectivity index (χ0v) is 23.9. The Morgan fingerprint density at radius 2 is 1.60 bits per heavy atom. The number of unbranched alkanes of at least 4 members (excludes halogenated alkanes) is 3. The highest BCUT2D eigenvalue weighted by molar-refractivity contribution is 9.09. The van der Waals surface area contributed by atoms with Crippen LogP contribution in [-0.4, -0.2) is 50.2 Å². The maximum atomic E-state index is 5.88. The minimum absolute atomic E-state index is 0.213. The van der Waals surface area contributed by atoms with Gasteiger partial charge in [-0.15, -0.1) is 0 Å². The highest BCUT2D eigenvalue weighted by Crippen LogP contribution is 2.30. The molecule has 5 heteroatoms. The number of rotatable bonds is 19. The van der Waals surface area contributed by atoms with Gasteiger partial charge in [0.05, 0.1) is 19.8 Å². The van der Waals surface area contributed by atoms with Gasteiger partial charge in [-0.2, -0.15) is 0 Å². The van der Waals surface area contributed by atoms with Crippen molar-refractivity contribution in [3.05, 3.63) is 59.7 Å². The molecule has 196 valence electrons. The second-order valence-corrected chi connectivity index (χ2v) is 10.7. The smallest absolute Gasteiger partial charge is 0.119 e. The van der Waals surface area contributed by atoms with Gasteiger partial charge in [0.2, 0.25) is 0 Å². The minimum Gasteiger partial charge on any atom is -0.494 e. The standard InChI is InChI=1S/C30H46BrNO3/c1-5-6-7-17-30(2,3)27-13-15-28(16-14-27)35-23-22-33-21-19-32(4)25-26-11-10-12-29(24-26)34-20-9-8-18-31/h10-16,24H,5-9,17-23,25H2,1-4H3. The van der Waals surface area contributed by atoms with Gasteiger partial charge >= 0.3 is 0 Å². The first-order valence-electron chi connectivity index (χ1n) is 13.2. The van der Waals surface area contributed by atoms with E-state index in [9.17, 15) is 0 Å². The Kier molecular flexibility index (Phi) is 14.4. The van der Waals surface area contributed by atoms with Crippen molar-refractivity contribution in [2.45, 2.75) is 71.3 Å². The lowest BCUT2D eigenvalue weighted by molar-refractivity contribution is 0.0836. The fraction of sp³-hybridized carbons (Fsp3) is 0.600. The van der Waals surface area contributed by atoms with E-state index in [0.29, 0.717) is 19.8 Å². The summed E-state index contributed by atoms with van der Waals surface area (Å²) in [5, 5.41) is 1.03. The molecule has 0 aliphatic rings. The Morgan fingerprint density at radius 1 is 0.829 bits per heavy atom. The molecule has 2 aromatic carbocycles. The van der Waals surface area contributed by atoms with E-state index in [2.05, 4.69) is 91.1 Å². The van der Waals surface area contributed by atoms with Gasteiger partial charge in [0.25, 0.3) is 0 Å². The summed E-state index contributed by atoms with van der Waals surface area (Å²) >= 11 is 3.46. The van der Waals surface area contributed by atoms with Crippen LogP contribution in [0.15, 0.2) is 48.5 Å². The van der Waals surface area contributed by atoms with Crippen molar-refractivity contribution in [3.63, 3.8) is 0 Å². The SMILES string of the molecule is CCCCCC(C)(C)c1ccc(OCCOCCN(C)Cc2cccc(OCCCCBr)c2)cc1. The van der Waals surface area contributed by atoms with Crippen LogP contribution in [0.4, 0.5) is 0 Å². The van der Waals surface area contributed by atoms with Crippen molar-refractivity contribution in [1.29, 1.82) is 0 Å². The summed E-state index contributed by atoms with van der Waals surface area (Å²) in [4.78, 5) is 2.27. The molecule has 0 N–H and O–H groups in total. The monoisotopic (exact) mass is 547 g/mol. The molecule has 0 amide bonds. The number of likely N-dealkylation sites (N-methyl/N-ethyl adjacent to an activating group) is 1. The fourth-order valence-electron chi connectivity index (χ4n) is 4.02. The molecule has 0 atom stereocenters. The van der Waals surface area contributed by atoms with Gasteiger partial charge in [-0.1, -0.05) is 80.2 Å². The van der Waals surface area contributed by atoms with Gasteiger partial charge in [0, 0.05) is 18.4 Å². The predicted octanol–water partition coefficient (Wildman–Crippen LogP) is 7.63. The van der Waals surface area contributed by atoms with Crippen LogP contribution < -0.4 is 9.47 Å². The van der Waals surface area contributed by atoms with Gasteiger partial charge in [-0.05, 0) is 67.1 Å². The summed E-state index contributed by atoms with van der Waals surface area (Å²) in [5.74, 6) is 1.86. The molecule has 0 saturated heterocycles. The van der Waals surface area contributed by atoms with Crippen LogP contribution in [0.3, 0.4) is 0 Å². The van der Waals surface area contributed by atoms with Crippen LogP contribution in [0.5, 0.6) is 11.5 Å². The van der Waals surface area contributed by atoms with Gasteiger partial charge in [-0.3, -0.25) is 4.90 Å². The van der Waals surface area contributed by atoms with Crippen molar-refractivity contribution < 1.29 is 14.2 Å². The zero-order chi connectivity index (χ0) is 25.4. The van der Waals surface area contributed by atoms with Crippen molar-refractivity contribution in [2.24, 2.45) is 0 Å². The highest BCUT2D eigenvalue weighted by Gasteiger charge is 2.19. The van der Waals surface area contributed by atoms with E-state index in [4.69, 9.17) is 14.2 Å². The Balaban J connectivity index is 1.60. The maximum absolute atomic E-state index is 5.88. The summed E-state index contributed by atoms with van der Waals surface area (Å²) in [7, 11) is 2.12. The summed E-state index contributed by atoms with van der Waals surface area (Å²) in [6.07, 6.45) is 7.28. The van der Waals surface area contributed by atoms with E-state index in [1.807, 2.05) is 6.07 Å². The number of halogens is 1. The lowest BCUT2D eigenvalue weighted by Gasteiger charge is -2.25. The third-order valence-corrected chi connectivity index (χ3v) is 6.86. The summed E-state index contributed by atoms with van der Waals surface area (Å²) in [6.45, 7) is 11.3. The van der Waals surface area contributed by atoms with Gasteiger partial charge in [0.15, 0.2) is 0 Å². The average molecular weight is 549 g/mol. The van der Waals surface area contributed by atoms with Crippen LogP contribution in [0.1, 0.15) is 70.4 Å². The summed E-state index contributed by atoms with van der Waals surface area (Å²) < 4.78 is 17.5. The quantitative estimate of drug-likeness (QED) is 0.133. The van der Waals surface area contributed by atoms with Crippen LogP contribution >= 0.6 is 15.9 Å². The minimum atomic E-state index is 0.213. The first-order valence-corrected chi connectivity index (χ1v) is 14.3. The van der Waals surface area contributed by atoms with Crippen molar-refractivity contribution >= 4 is 15.9 Å². The number of ether oxygens (including phenoxy) is 3. The number of alkyl halides is 1. The topological polar surface area (TPSA) is 30.9 Å². The van der Waals surface area contributed by atoms with Crippen molar-refractivity contribution in [1.82, 2.24) is 4.90 Å². The van der Waals surface area contributed by atoms with E-state index in [-0.39, 0.29) is 5.41 Å². The molecule has 2 rings (SSSR count). The third-order valence-electron chi connectivity index (χ3n) is 6.30. The first-order chi connectivity index (χ1) is 16.9. The van der Waals surface area contributed by atoms with Crippen LogP contribution in [0.25, 0.3) is 0 Å². The van der Waals surface area contributed by atoms with E-state index < -0.39 is 0 Å². The lowest BCUT2D eigenvalue weighted by atomic mass is 9.80. The molecule has 0 aliphatic heterocycles. The van der Waals surface area contributed by atoms with Gasteiger partial charge in [-0.25, -0.2) is 0 Å². The molecule has 0 unspecified atom stereocenters. The predicted molar refractivity (Wildman–Crippen MR) is 151 cm³/mol. The first kappa shape index (κ1) is 29.7. The van der Waals surface area contributed by atoms with Crippen molar-refractivity contribution in [2.75, 3.05) is 45.4 Å². The number of benzene rings is 2. The van der Waals surface area contributed by atoms with E-state index in [0.717, 1.165) is 49.4 Å². The Labute approximate surface area is 222 Å². The lowest BCUT2D eigenvalue weighted by Crippen LogP contribution is -2.23. The van der Waals surface area contributed by atoms with Crippen LogP contribution in [0.2, 0.25) is 0 Å². The zero-order valence-electron chi connectivity index (χ0n) is 22.4. The average Bonchev–Trinajstić information content (AvgIpc) is 2.84. The van der Waals surface area contributed by atoms with Gasteiger partial charge in [0.1, 0.15) is 18.1 Å². The maximum Gasteiger partial charge on any atom is 0.119 e. The molecule has 0 bridgehead atoms. The number of nitrogens with zero attached hydrogens (tertiary/aromatic N) is 1. The van der Waals surface area contributed by atoms with Crippen molar-refractivity contribution in [3.8, 4) is 11.5 Å². The molecule has 4 nitrogen and oxygen atoms in total. The highest BCUT2D eigenvalue weighted by atomic mass is 79.9. The molecule has 0 heterocycles. The largest absolute Gasteiger partial charge is 0.494 e. The molecular weight excluding hydrogens is 502 g/mol. The molecule has 0 radical (unpaired) electrons. The molecule has 35 heavy (non-hydrogen) atoms.